The number of pyridine rings is 1. The van der Waals surface area contributed by atoms with Gasteiger partial charge in [-0.2, -0.15) is 13.2 Å². The summed E-state index contributed by atoms with van der Waals surface area (Å²) in [6.45, 7) is 0.981. The molecule has 260 valence electrons. The molecule has 1 amide bonds. The first-order valence-corrected chi connectivity index (χ1v) is 16.1. The zero-order valence-electron chi connectivity index (χ0n) is 26.9. The molecule has 2 fully saturated rings. The summed E-state index contributed by atoms with van der Waals surface area (Å²) in [4.78, 5) is 34.0. The lowest BCUT2D eigenvalue weighted by atomic mass is 9.76. The number of alkyl halides is 5. The van der Waals surface area contributed by atoms with E-state index in [0.29, 0.717) is 10.9 Å². The summed E-state index contributed by atoms with van der Waals surface area (Å²) >= 11 is 0. The number of ether oxygens (including phenoxy) is 1. The number of hydrogen-bond donors (Lipinski definition) is 2. The van der Waals surface area contributed by atoms with Gasteiger partial charge in [-0.1, -0.05) is 60.7 Å². The smallest absolute Gasteiger partial charge is 0.403 e. The molecule has 0 radical (unpaired) electrons. The van der Waals surface area contributed by atoms with Gasteiger partial charge >= 0.3 is 12.1 Å². The molecule has 2 aliphatic rings. The Balaban J connectivity index is 1.28. The number of benzene rings is 3. The number of halogens is 5. The van der Waals surface area contributed by atoms with Crippen LogP contribution in [0.5, 0.6) is 0 Å². The number of carbonyl (C=O) groups excluding carboxylic acids is 1. The Kier molecular flexibility index (Phi) is 9.88. The van der Waals surface area contributed by atoms with Crippen molar-refractivity contribution in [2.75, 3.05) is 39.8 Å². The molecule has 8 nitrogen and oxygen atoms in total. The van der Waals surface area contributed by atoms with Gasteiger partial charge in [-0.05, 0) is 53.2 Å². The lowest BCUT2D eigenvalue weighted by molar-refractivity contribution is -0.233. The predicted molar refractivity (Wildman–Crippen MR) is 174 cm³/mol. The van der Waals surface area contributed by atoms with Crippen molar-refractivity contribution >= 4 is 33.4 Å². The van der Waals surface area contributed by atoms with Gasteiger partial charge in [0.15, 0.2) is 0 Å². The number of carboxylic acids is 1. The van der Waals surface area contributed by atoms with Crippen LogP contribution >= 0.6 is 0 Å². The average Bonchev–Trinajstić information content (AvgIpc) is 3.05. The van der Waals surface area contributed by atoms with Crippen molar-refractivity contribution in [1.29, 1.82) is 0 Å². The third-order valence-electron chi connectivity index (χ3n) is 9.91. The number of amides is 1. The first kappa shape index (κ1) is 34.7. The first-order chi connectivity index (χ1) is 23.4. The van der Waals surface area contributed by atoms with Crippen LogP contribution in [0.4, 0.5) is 22.0 Å². The molecule has 2 aliphatic heterocycles. The van der Waals surface area contributed by atoms with E-state index in [1.807, 2.05) is 42.6 Å². The number of methoxy groups -OCH3 is 1. The lowest BCUT2D eigenvalue weighted by Crippen LogP contribution is -2.59. The van der Waals surface area contributed by atoms with E-state index in [1.54, 1.807) is 25.3 Å². The Morgan fingerprint density at radius 2 is 1.57 bits per heavy atom. The number of aromatic nitrogens is 1. The number of rotatable bonds is 11. The molecular weight excluding hydrogens is 647 g/mol. The standard InChI is InChI=1S/C36H37F5N4O4/c1-49-24-19-45(20-24)18-23-17-42-32(28-8-3-2-7-26(23)28)29-11-5-9-25-22(6-4-10-27(25)29)16-30(33(46)47)43-34(48)35(36(39,40)41)12-14-44(15-13-35)21-31(37)38/h2-11,17,24,30-31H,12-16,18-21H2,1H3,(H,43,48)(H,46,47)/t30-/m0/s1. The number of aliphatic carboxylic acids is 1. The summed E-state index contributed by atoms with van der Waals surface area (Å²) in [7, 11) is 1.71. The fourth-order valence-electron chi connectivity index (χ4n) is 7.06. The Hall–Kier alpha value is -4.20. The molecule has 0 aliphatic carbocycles. The van der Waals surface area contributed by atoms with Crippen LogP contribution < -0.4 is 5.32 Å². The monoisotopic (exact) mass is 684 g/mol. The molecule has 0 bridgehead atoms. The van der Waals surface area contributed by atoms with E-state index in [9.17, 15) is 36.6 Å². The topological polar surface area (TPSA) is 95.0 Å². The highest BCUT2D eigenvalue weighted by Gasteiger charge is 2.61. The lowest BCUT2D eigenvalue weighted by Gasteiger charge is -2.41. The normalized spacial score (nSPS) is 18.1. The molecular formula is C36H37F5N4O4. The van der Waals surface area contributed by atoms with Gasteiger partial charge in [-0.15, -0.1) is 0 Å². The summed E-state index contributed by atoms with van der Waals surface area (Å²) in [6, 6.07) is 17.1. The Labute approximate surface area is 279 Å². The number of carbonyl (C=O) groups is 2. The minimum Gasteiger partial charge on any atom is -0.480 e. The van der Waals surface area contributed by atoms with E-state index in [4.69, 9.17) is 9.72 Å². The molecule has 0 saturated carbocycles. The summed E-state index contributed by atoms with van der Waals surface area (Å²) < 4.78 is 74.3. The van der Waals surface area contributed by atoms with Crippen molar-refractivity contribution in [3.8, 4) is 11.3 Å². The molecule has 2 N–H and O–H groups in total. The summed E-state index contributed by atoms with van der Waals surface area (Å²) in [5.74, 6) is -2.95. The van der Waals surface area contributed by atoms with Crippen molar-refractivity contribution in [2.24, 2.45) is 5.41 Å². The van der Waals surface area contributed by atoms with E-state index in [-0.39, 0.29) is 25.6 Å². The van der Waals surface area contributed by atoms with Crippen molar-refractivity contribution in [1.82, 2.24) is 20.1 Å². The maximum Gasteiger partial charge on any atom is 0.403 e. The van der Waals surface area contributed by atoms with E-state index in [2.05, 4.69) is 16.3 Å². The van der Waals surface area contributed by atoms with Gasteiger partial charge in [0.25, 0.3) is 6.43 Å². The summed E-state index contributed by atoms with van der Waals surface area (Å²) in [5.41, 5.74) is 0.241. The van der Waals surface area contributed by atoms with Crippen LogP contribution in [-0.4, -0.2) is 96.3 Å². The number of piperidine rings is 1. The molecule has 49 heavy (non-hydrogen) atoms. The minimum atomic E-state index is -5.00. The van der Waals surface area contributed by atoms with Crippen LogP contribution in [0.1, 0.15) is 24.0 Å². The van der Waals surface area contributed by atoms with Gasteiger partial charge in [0.1, 0.15) is 11.5 Å². The molecule has 6 rings (SSSR count). The van der Waals surface area contributed by atoms with Gasteiger partial charge in [0.05, 0.1) is 18.3 Å². The van der Waals surface area contributed by atoms with Crippen molar-refractivity contribution in [3.05, 3.63) is 78.0 Å². The minimum absolute atomic E-state index is 0.224. The third-order valence-corrected chi connectivity index (χ3v) is 9.91. The Bertz CT molecular complexity index is 1840. The summed E-state index contributed by atoms with van der Waals surface area (Å²) in [5, 5.41) is 15.7. The van der Waals surface area contributed by atoms with Crippen LogP contribution in [-0.2, 0) is 27.3 Å². The fraction of sp³-hybridized carbons (Fsp3) is 0.417. The Morgan fingerprint density at radius 3 is 2.22 bits per heavy atom. The molecule has 13 heteroatoms. The first-order valence-electron chi connectivity index (χ1n) is 16.1. The van der Waals surface area contributed by atoms with Crippen molar-refractivity contribution in [3.63, 3.8) is 0 Å². The molecule has 2 saturated heterocycles. The van der Waals surface area contributed by atoms with E-state index in [0.717, 1.165) is 52.6 Å². The molecule has 3 heterocycles. The van der Waals surface area contributed by atoms with E-state index in [1.165, 1.54) is 4.90 Å². The molecule has 0 unspecified atom stereocenters. The van der Waals surface area contributed by atoms with Crippen molar-refractivity contribution in [2.45, 2.75) is 50.6 Å². The second-order valence-corrected chi connectivity index (χ2v) is 12.9. The molecule has 1 atom stereocenters. The van der Waals surface area contributed by atoms with Crippen LogP contribution in [0.15, 0.2) is 66.9 Å². The zero-order chi connectivity index (χ0) is 34.9. The van der Waals surface area contributed by atoms with Gasteiger partial charge in [-0.25, -0.2) is 13.6 Å². The van der Waals surface area contributed by atoms with Gasteiger partial charge in [0.2, 0.25) is 5.91 Å². The van der Waals surface area contributed by atoms with Crippen molar-refractivity contribution < 1.29 is 41.4 Å². The number of nitrogens with one attached hydrogen (secondary N) is 1. The van der Waals surface area contributed by atoms with Crippen LogP contribution in [0.3, 0.4) is 0 Å². The quantitative estimate of drug-likeness (QED) is 0.190. The molecule has 3 aromatic carbocycles. The Morgan fingerprint density at radius 1 is 0.939 bits per heavy atom. The summed E-state index contributed by atoms with van der Waals surface area (Å²) in [6.07, 6.45) is -7.41. The number of hydrogen-bond acceptors (Lipinski definition) is 6. The maximum atomic E-state index is 14.4. The second kappa shape index (κ2) is 14.0. The van der Waals surface area contributed by atoms with Gasteiger partial charge in [-0.3, -0.25) is 19.6 Å². The SMILES string of the molecule is COC1CN(Cc2cnc(-c3cccc4c(C[C@H](NC(=O)C5(C(F)(F)F)CCN(CC(F)F)CC5)C(=O)O)cccc34)c3ccccc23)C1. The highest BCUT2D eigenvalue weighted by Crippen LogP contribution is 2.47. The van der Waals surface area contributed by atoms with E-state index >= 15 is 0 Å². The zero-order valence-corrected chi connectivity index (χ0v) is 26.9. The predicted octanol–water partition coefficient (Wildman–Crippen LogP) is 5.91. The van der Waals surface area contributed by atoms with Crippen LogP contribution in [0.2, 0.25) is 0 Å². The second-order valence-electron chi connectivity index (χ2n) is 12.9. The van der Waals surface area contributed by atoms with Crippen LogP contribution in [0, 0.1) is 5.41 Å². The van der Waals surface area contributed by atoms with Gasteiger partial charge < -0.3 is 15.2 Å². The number of fused-ring (bicyclic) bond motifs is 2. The number of nitrogens with zero attached hydrogens (tertiary/aromatic N) is 3. The maximum absolute atomic E-state index is 14.4. The van der Waals surface area contributed by atoms with Crippen LogP contribution in [0.25, 0.3) is 32.8 Å². The molecule has 4 aromatic rings. The van der Waals surface area contributed by atoms with E-state index < -0.39 is 55.3 Å². The highest BCUT2D eigenvalue weighted by atomic mass is 19.4. The fourth-order valence-corrected chi connectivity index (χ4v) is 7.06. The highest BCUT2D eigenvalue weighted by molar-refractivity contribution is 6.05. The average molecular weight is 685 g/mol. The molecule has 1 aromatic heterocycles. The number of carboxylic acid groups (broad SMARTS) is 1. The third kappa shape index (κ3) is 6.97. The molecule has 0 spiro atoms. The number of likely N-dealkylation sites (tertiary alicyclic amines) is 2. The van der Waals surface area contributed by atoms with Gasteiger partial charge in [0, 0.05) is 50.3 Å². The largest absolute Gasteiger partial charge is 0.480 e.